The maximum atomic E-state index is 11.2. The molecule has 0 fully saturated rings. The van der Waals surface area contributed by atoms with Crippen LogP contribution in [0.2, 0.25) is 0 Å². The van der Waals surface area contributed by atoms with Gasteiger partial charge >= 0.3 is 0 Å². The Kier molecular flexibility index (Phi) is 3.85. The van der Waals surface area contributed by atoms with E-state index in [0.717, 1.165) is 0 Å². The first-order chi connectivity index (χ1) is 9.54. The Hall–Kier alpha value is -3.03. The van der Waals surface area contributed by atoms with E-state index in [1.54, 1.807) is 19.1 Å². The van der Waals surface area contributed by atoms with E-state index in [1.165, 1.54) is 24.4 Å². The third kappa shape index (κ3) is 3.48. The van der Waals surface area contributed by atoms with Crippen LogP contribution in [0.3, 0.4) is 0 Å². The van der Waals surface area contributed by atoms with E-state index in [9.17, 15) is 14.9 Å². The van der Waals surface area contributed by atoms with E-state index in [4.69, 9.17) is 0 Å². The molecule has 0 aliphatic heterocycles. The third-order valence-corrected chi connectivity index (χ3v) is 2.33. The van der Waals surface area contributed by atoms with Crippen LogP contribution in [0.15, 0.2) is 40.2 Å². The van der Waals surface area contributed by atoms with Crippen molar-refractivity contribution in [2.75, 3.05) is 5.43 Å². The fraction of sp³-hybridized carbons (Fsp3) is 0.0833. The Morgan fingerprint density at radius 2 is 2.25 bits per heavy atom. The molecule has 0 spiro atoms. The van der Waals surface area contributed by atoms with E-state index in [2.05, 4.69) is 20.5 Å². The summed E-state index contributed by atoms with van der Waals surface area (Å²) in [6, 6.07) is 7.37. The van der Waals surface area contributed by atoms with Gasteiger partial charge in [0, 0.05) is 29.5 Å². The van der Waals surface area contributed by atoms with Crippen molar-refractivity contribution in [3.8, 4) is 0 Å². The highest BCUT2D eigenvalue weighted by Gasteiger charge is 2.03. The number of hydrogen-bond donors (Lipinski definition) is 2. The van der Waals surface area contributed by atoms with Gasteiger partial charge in [-0.25, -0.2) is 10.4 Å². The maximum absolute atomic E-state index is 11.2. The molecule has 102 valence electrons. The molecule has 8 nitrogen and oxygen atoms in total. The highest BCUT2D eigenvalue weighted by Crippen LogP contribution is 2.11. The lowest BCUT2D eigenvalue weighted by Crippen LogP contribution is -2.10. The summed E-state index contributed by atoms with van der Waals surface area (Å²) >= 11 is 0. The lowest BCUT2D eigenvalue weighted by molar-refractivity contribution is -0.384. The number of anilines is 1. The molecule has 0 radical (unpaired) electrons. The quantitative estimate of drug-likeness (QED) is 0.497. The standard InChI is InChI=1S/C12H11N5O3/c1-8-5-11(18)15-12(14-8)16-13-7-9-3-2-4-10(6-9)17(19)20/h2-7H,1H3,(H2,14,15,16,18)/b13-7+. The van der Waals surface area contributed by atoms with Crippen LogP contribution in [0, 0.1) is 17.0 Å². The topological polar surface area (TPSA) is 113 Å². The molecule has 2 N–H and O–H groups in total. The number of nitrogens with zero attached hydrogens (tertiary/aromatic N) is 3. The predicted octanol–water partition coefficient (Wildman–Crippen LogP) is 1.43. The molecule has 2 rings (SSSR count). The maximum Gasteiger partial charge on any atom is 0.270 e. The molecule has 0 unspecified atom stereocenters. The molecular weight excluding hydrogens is 262 g/mol. The summed E-state index contributed by atoms with van der Waals surface area (Å²) in [5.74, 6) is 0.205. The van der Waals surface area contributed by atoms with Crippen LogP contribution in [-0.4, -0.2) is 21.1 Å². The second kappa shape index (κ2) is 5.74. The van der Waals surface area contributed by atoms with Crippen LogP contribution < -0.4 is 11.0 Å². The van der Waals surface area contributed by atoms with Crippen LogP contribution in [0.25, 0.3) is 0 Å². The number of aryl methyl sites for hydroxylation is 1. The molecular formula is C12H11N5O3. The van der Waals surface area contributed by atoms with Crippen molar-refractivity contribution in [2.24, 2.45) is 5.10 Å². The van der Waals surface area contributed by atoms with E-state index in [-0.39, 0.29) is 17.2 Å². The summed E-state index contributed by atoms with van der Waals surface area (Å²) in [6.45, 7) is 1.69. The molecule has 1 aromatic heterocycles. The van der Waals surface area contributed by atoms with Gasteiger partial charge in [-0.15, -0.1) is 0 Å². The van der Waals surface area contributed by atoms with Gasteiger partial charge < -0.3 is 0 Å². The largest absolute Gasteiger partial charge is 0.291 e. The molecule has 20 heavy (non-hydrogen) atoms. The number of nitro groups is 1. The first kappa shape index (κ1) is 13.4. The van der Waals surface area contributed by atoms with E-state index in [1.807, 2.05) is 0 Å². The number of aromatic nitrogens is 2. The van der Waals surface area contributed by atoms with Crippen molar-refractivity contribution in [1.29, 1.82) is 0 Å². The second-order valence-corrected chi connectivity index (χ2v) is 3.96. The zero-order valence-corrected chi connectivity index (χ0v) is 10.5. The number of nitrogens with one attached hydrogen (secondary N) is 2. The summed E-state index contributed by atoms with van der Waals surface area (Å²) in [5.41, 5.74) is 3.37. The van der Waals surface area contributed by atoms with Crippen molar-refractivity contribution in [1.82, 2.24) is 9.97 Å². The van der Waals surface area contributed by atoms with Crippen LogP contribution in [0.1, 0.15) is 11.3 Å². The lowest BCUT2D eigenvalue weighted by atomic mass is 10.2. The predicted molar refractivity (Wildman–Crippen MR) is 73.9 cm³/mol. The Bertz CT molecular complexity index is 723. The average molecular weight is 273 g/mol. The first-order valence-electron chi connectivity index (χ1n) is 5.66. The van der Waals surface area contributed by atoms with Crippen LogP contribution >= 0.6 is 0 Å². The highest BCUT2D eigenvalue weighted by atomic mass is 16.6. The molecule has 1 aromatic carbocycles. The summed E-state index contributed by atoms with van der Waals surface area (Å²) in [5, 5.41) is 14.5. The van der Waals surface area contributed by atoms with E-state index in [0.29, 0.717) is 11.3 Å². The molecule has 0 bridgehead atoms. The van der Waals surface area contributed by atoms with Crippen molar-refractivity contribution in [2.45, 2.75) is 6.92 Å². The number of H-pyrrole nitrogens is 1. The minimum absolute atomic E-state index is 0.0176. The first-order valence-corrected chi connectivity index (χ1v) is 5.66. The fourth-order valence-corrected chi connectivity index (χ4v) is 1.52. The number of hydrazone groups is 1. The smallest absolute Gasteiger partial charge is 0.270 e. The number of rotatable bonds is 4. The van der Waals surface area contributed by atoms with E-state index >= 15 is 0 Å². The van der Waals surface area contributed by atoms with Gasteiger partial charge in [0.1, 0.15) is 0 Å². The van der Waals surface area contributed by atoms with Gasteiger partial charge in [0.25, 0.3) is 11.2 Å². The van der Waals surface area contributed by atoms with Gasteiger partial charge in [0.2, 0.25) is 5.95 Å². The molecule has 0 saturated heterocycles. The third-order valence-electron chi connectivity index (χ3n) is 2.33. The van der Waals surface area contributed by atoms with Crippen LogP contribution in [0.5, 0.6) is 0 Å². The fourth-order valence-electron chi connectivity index (χ4n) is 1.52. The van der Waals surface area contributed by atoms with Gasteiger partial charge in [-0.3, -0.25) is 19.9 Å². The molecule has 2 aromatic rings. The molecule has 0 aliphatic rings. The minimum Gasteiger partial charge on any atom is -0.291 e. The van der Waals surface area contributed by atoms with Crippen molar-refractivity contribution >= 4 is 17.9 Å². The van der Waals surface area contributed by atoms with Gasteiger partial charge in [0.05, 0.1) is 11.1 Å². The highest BCUT2D eigenvalue weighted by molar-refractivity contribution is 5.81. The van der Waals surface area contributed by atoms with Crippen LogP contribution in [0.4, 0.5) is 11.6 Å². The van der Waals surface area contributed by atoms with Gasteiger partial charge in [-0.1, -0.05) is 12.1 Å². The Labute approximate surface area is 113 Å². The number of benzene rings is 1. The molecule has 0 amide bonds. The number of non-ortho nitro benzene ring substituents is 1. The molecule has 8 heteroatoms. The molecule has 0 atom stereocenters. The van der Waals surface area contributed by atoms with Crippen molar-refractivity contribution < 1.29 is 4.92 Å². The molecule has 0 aliphatic carbocycles. The number of hydrogen-bond acceptors (Lipinski definition) is 6. The summed E-state index contributed by atoms with van der Waals surface area (Å²) in [4.78, 5) is 27.8. The average Bonchev–Trinajstić information content (AvgIpc) is 2.38. The summed E-state index contributed by atoms with van der Waals surface area (Å²) < 4.78 is 0. The Balaban J connectivity index is 2.12. The zero-order chi connectivity index (χ0) is 14.5. The normalized spacial score (nSPS) is 10.7. The van der Waals surface area contributed by atoms with Crippen LogP contribution in [-0.2, 0) is 0 Å². The zero-order valence-electron chi connectivity index (χ0n) is 10.5. The van der Waals surface area contributed by atoms with Gasteiger partial charge in [-0.05, 0) is 6.92 Å². The number of aromatic amines is 1. The summed E-state index contributed by atoms with van der Waals surface area (Å²) in [7, 11) is 0. The molecule has 1 heterocycles. The molecule has 0 saturated carbocycles. The second-order valence-electron chi connectivity index (χ2n) is 3.96. The van der Waals surface area contributed by atoms with Gasteiger partial charge in [-0.2, -0.15) is 5.10 Å². The minimum atomic E-state index is -0.482. The van der Waals surface area contributed by atoms with Gasteiger partial charge in [0.15, 0.2) is 0 Å². The Morgan fingerprint density at radius 3 is 2.95 bits per heavy atom. The SMILES string of the molecule is Cc1cc(=O)[nH]c(N/N=C/c2cccc([N+](=O)[O-])c2)n1. The lowest BCUT2D eigenvalue weighted by Gasteiger charge is -1.99. The summed E-state index contributed by atoms with van der Waals surface area (Å²) in [6.07, 6.45) is 1.40. The van der Waals surface area contributed by atoms with Crippen molar-refractivity contribution in [3.63, 3.8) is 0 Å². The van der Waals surface area contributed by atoms with Crippen molar-refractivity contribution in [3.05, 3.63) is 62.1 Å². The van der Waals surface area contributed by atoms with E-state index < -0.39 is 4.92 Å². The Morgan fingerprint density at radius 1 is 1.45 bits per heavy atom. The monoisotopic (exact) mass is 273 g/mol. The number of nitro benzene ring substituents is 1.